The summed E-state index contributed by atoms with van der Waals surface area (Å²) >= 11 is 1.43. The summed E-state index contributed by atoms with van der Waals surface area (Å²) in [5.74, 6) is 0.348. The number of hydrogen-bond acceptors (Lipinski definition) is 8. The number of benzene rings is 2. The van der Waals surface area contributed by atoms with Gasteiger partial charge in [0.25, 0.3) is 5.89 Å². The van der Waals surface area contributed by atoms with Gasteiger partial charge in [-0.25, -0.2) is 4.98 Å². The Labute approximate surface area is 199 Å². The minimum absolute atomic E-state index is 0.297. The summed E-state index contributed by atoms with van der Waals surface area (Å²) < 4.78 is 5.90. The van der Waals surface area contributed by atoms with Crippen LogP contribution in [0.4, 0.5) is 17.4 Å². The first-order chi connectivity index (χ1) is 16.8. The lowest BCUT2D eigenvalue weighted by atomic mass is 10.00. The van der Waals surface area contributed by atoms with E-state index in [0.717, 1.165) is 38.3 Å². The van der Waals surface area contributed by atoms with E-state index in [0.29, 0.717) is 22.5 Å². The molecule has 3 N–H and O–H groups in total. The molecule has 7 nitrogen and oxygen atoms in total. The van der Waals surface area contributed by atoms with E-state index in [2.05, 4.69) is 38.7 Å². The number of para-hydroxylation sites is 1. The molecule has 2 aromatic carbocycles. The van der Waals surface area contributed by atoms with Gasteiger partial charge in [-0.1, -0.05) is 53.6 Å². The Morgan fingerprint density at radius 3 is 2.38 bits per heavy atom. The van der Waals surface area contributed by atoms with Gasteiger partial charge in [0.1, 0.15) is 9.71 Å². The summed E-state index contributed by atoms with van der Waals surface area (Å²) in [6.07, 6.45) is 3.55. The lowest BCUT2D eigenvalue weighted by molar-refractivity contribution is 0.589. The second kappa shape index (κ2) is 8.42. The van der Waals surface area contributed by atoms with Gasteiger partial charge in [-0.3, -0.25) is 4.98 Å². The molecule has 0 radical (unpaired) electrons. The highest BCUT2D eigenvalue weighted by Gasteiger charge is 2.22. The van der Waals surface area contributed by atoms with Crippen molar-refractivity contribution >= 4 is 38.9 Å². The second-order valence-corrected chi connectivity index (χ2v) is 8.59. The quantitative estimate of drug-likeness (QED) is 0.305. The van der Waals surface area contributed by atoms with Crippen LogP contribution in [0.1, 0.15) is 0 Å². The van der Waals surface area contributed by atoms with E-state index in [4.69, 9.17) is 15.1 Å². The van der Waals surface area contributed by atoms with Crippen molar-refractivity contribution in [2.24, 2.45) is 0 Å². The van der Waals surface area contributed by atoms with Crippen molar-refractivity contribution in [1.29, 1.82) is 0 Å². The van der Waals surface area contributed by atoms with Crippen molar-refractivity contribution in [3.63, 3.8) is 0 Å². The van der Waals surface area contributed by atoms with Gasteiger partial charge in [-0.05, 0) is 41.5 Å². The van der Waals surface area contributed by atoms with Crippen LogP contribution in [0.3, 0.4) is 0 Å². The number of nitrogens with two attached hydrogens (primary N) is 1. The normalized spacial score (nSPS) is 11.1. The molecule has 0 bridgehead atoms. The molecule has 0 saturated heterocycles. The monoisotopic (exact) mass is 462 g/mol. The van der Waals surface area contributed by atoms with Gasteiger partial charge < -0.3 is 15.5 Å². The number of anilines is 3. The van der Waals surface area contributed by atoms with Crippen LogP contribution in [0.25, 0.3) is 43.4 Å². The summed E-state index contributed by atoms with van der Waals surface area (Å²) in [7, 11) is 0. The van der Waals surface area contributed by atoms with Crippen molar-refractivity contribution in [2.45, 2.75) is 0 Å². The molecule has 34 heavy (non-hydrogen) atoms. The summed E-state index contributed by atoms with van der Waals surface area (Å²) in [6.45, 7) is 0. The average molecular weight is 463 g/mol. The summed E-state index contributed by atoms with van der Waals surface area (Å²) in [5.41, 5.74) is 11.9. The molecular formula is C26H18N6OS. The molecule has 0 spiro atoms. The maximum Gasteiger partial charge on any atom is 0.320 e. The maximum atomic E-state index is 6.67. The largest absolute Gasteiger partial charge is 0.402 e. The molecular weight excluding hydrogens is 444 g/mol. The van der Waals surface area contributed by atoms with Gasteiger partial charge in [0, 0.05) is 29.0 Å². The summed E-state index contributed by atoms with van der Waals surface area (Å²) in [6, 6.07) is 26.0. The van der Waals surface area contributed by atoms with E-state index in [-0.39, 0.29) is 0 Å². The molecule has 6 aromatic rings. The van der Waals surface area contributed by atoms with E-state index >= 15 is 0 Å². The summed E-state index contributed by atoms with van der Waals surface area (Å²) in [5, 5.41) is 12.4. The van der Waals surface area contributed by atoms with Crippen LogP contribution in [0.5, 0.6) is 0 Å². The Morgan fingerprint density at radius 2 is 1.62 bits per heavy atom. The average Bonchev–Trinajstić information content (AvgIpc) is 3.49. The van der Waals surface area contributed by atoms with Crippen molar-refractivity contribution in [3.05, 3.63) is 91.3 Å². The van der Waals surface area contributed by atoms with E-state index < -0.39 is 0 Å². The van der Waals surface area contributed by atoms with E-state index in [1.807, 2.05) is 60.7 Å². The third-order valence-corrected chi connectivity index (χ3v) is 6.47. The molecule has 0 aliphatic rings. The standard InChI is InChI=1S/C26H18N6OS/c27-22-21-19(16-8-3-1-4-9-16)14-20(17-10-7-13-28-15-17)30-25(21)34-23(22)24-31-32-26(33-24)29-18-11-5-2-6-12-18/h1-15H,27H2,(H,29,32). The number of rotatable bonds is 5. The van der Waals surface area contributed by atoms with Gasteiger partial charge in [0.05, 0.1) is 11.4 Å². The molecule has 0 amide bonds. The van der Waals surface area contributed by atoms with Gasteiger partial charge in [0.15, 0.2) is 0 Å². The van der Waals surface area contributed by atoms with Crippen LogP contribution in [0.2, 0.25) is 0 Å². The molecule has 0 aliphatic carbocycles. The van der Waals surface area contributed by atoms with Crippen molar-refractivity contribution in [2.75, 3.05) is 11.1 Å². The van der Waals surface area contributed by atoms with Crippen LogP contribution in [-0.2, 0) is 0 Å². The van der Waals surface area contributed by atoms with Crippen LogP contribution in [0.15, 0.2) is 95.7 Å². The third-order valence-electron chi connectivity index (χ3n) is 5.39. The summed E-state index contributed by atoms with van der Waals surface area (Å²) in [4.78, 5) is 10.6. The minimum Gasteiger partial charge on any atom is -0.402 e. The Morgan fingerprint density at radius 1 is 0.853 bits per heavy atom. The topological polar surface area (TPSA) is 103 Å². The van der Waals surface area contributed by atoms with Gasteiger partial charge in [0.2, 0.25) is 0 Å². The molecule has 0 saturated carbocycles. The molecule has 8 heteroatoms. The zero-order valence-corrected chi connectivity index (χ0v) is 18.7. The lowest BCUT2D eigenvalue weighted by Gasteiger charge is -2.08. The zero-order chi connectivity index (χ0) is 22.9. The zero-order valence-electron chi connectivity index (χ0n) is 17.8. The Hall–Kier alpha value is -4.56. The van der Waals surface area contributed by atoms with Crippen LogP contribution in [0, 0.1) is 0 Å². The number of hydrogen-bond donors (Lipinski definition) is 2. The van der Waals surface area contributed by atoms with Crippen LogP contribution in [-0.4, -0.2) is 20.2 Å². The molecule has 0 fully saturated rings. The molecule has 0 unspecified atom stereocenters. The number of nitrogens with one attached hydrogen (secondary N) is 1. The Kier molecular flexibility index (Phi) is 4.97. The highest BCUT2D eigenvalue weighted by Crippen LogP contribution is 2.45. The number of thiophene rings is 1. The first-order valence-electron chi connectivity index (χ1n) is 10.6. The number of nitrogens with zero attached hydrogens (tertiary/aromatic N) is 4. The van der Waals surface area contributed by atoms with E-state index in [1.165, 1.54) is 11.3 Å². The SMILES string of the molecule is Nc1c(-c2nnc(Nc3ccccc3)o2)sc2nc(-c3cccnc3)cc(-c3ccccc3)c12. The number of aromatic nitrogens is 4. The van der Waals surface area contributed by atoms with Gasteiger partial charge >= 0.3 is 6.01 Å². The number of nitrogen functional groups attached to an aromatic ring is 1. The minimum atomic E-state index is 0.297. The molecule has 0 atom stereocenters. The lowest BCUT2D eigenvalue weighted by Crippen LogP contribution is -1.91. The van der Waals surface area contributed by atoms with Crippen molar-refractivity contribution in [3.8, 4) is 33.2 Å². The van der Waals surface area contributed by atoms with Crippen LogP contribution < -0.4 is 11.1 Å². The van der Waals surface area contributed by atoms with E-state index in [9.17, 15) is 0 Å². The first kappa shape index (κ1) is 20.1. The Bertz CT molecular complexity index is 1580. The fourth-order valence-electron chi connectivity index (χ4n) is 3.80. The first-order valence-corrected chi connectivity index (χ1v) is 11.4. The molecule has 6 rings (SSSR count). The fraction of sp³-hybridized carbons (Fsp3) is 0. The second-order valence-electron chi connectivity index (χ2n) is 7.59. The number of pyridine rings is 2. The fourth-order valence-corrected chi connectivity index (χ4v) is 4.84. The predicted octanol–water partition coefficient (Wildman–Crippen LogP) is 6.40. The molecule has 4 aromatic heterocycles. The molecule has 0 aliphatic heterocycles. The van der Waals surface area contributed by atoms with Gasteiger partial charge in [-0.2, -0.15) is 0 Å². The van der Waals surface area contributed by atoms with Crippen molar-refractivity contribution < 1.29 is 4.42 Å². The molecule has 4 heterocycles. The smallest absolute Gasteiger partial charge is 0.320 e. The maximum absolute atomic E-state index is 6.67. The van der Waals surface area contributed by atoms with E-state index in [1.54, 1.807) is 12.4 Å². The molecule has 164 valence electrons. The Balaban J connectivity index is 1.49. The van der Waals surface area contributed by atoms with Gasteiger partial charge in [-0.15, -0.1) is 16.4 Å². The third kappa shape index (κ3) is 3.66. The highest BCUT2D eigenvalue weighted by molar-refractivity contribution is 7.22. The number of fused-ring (bicyclic) bond motifs is 1. The highest BCUT2D eigenvalue weighted by atomic mass is 32.1. The van der Waals surface area contributed by atoms with Crippen LogP contribution >= 0.6 is 11.3 Å². The van der Waals surface area contributed by atoms with Crippen molar-refractivity contribution in [1.82, 2.24) is 20.2 Å². The predicted molar refractivity (Wildman–Crippen MR) is 136 cm³/mol.